The van der Waals surface area contributed by atoms with Crippen LogP contribution in [0.15, 0.2) is 15.8 Å². The quantitative estimate of drug-likeness (QED) is 0.580. The first-order valence-corrected chi connectivity index (χ1v) is 12.2. The van der Waals surface area contributed by atoms with Gasteiger partial charge in [0.25, 0.3) is 5.56 Å². The monoisotopic (exact) mass is 402 g/mol. The van der Waals surface area contributed by atoms with E-state index in [0.717, 1.165) is 0 Å². The summed E-state index contributed by atoms with van der Waals surface area (Å²) < 4.78 is 29.5. The Morgan fingerprint density at radius 2 is 2.04 bits per heavy atom. The van der Waals surface area contributed by atoms with Crippen LogP contribution in [0.4, 0.5) is 0 Å². The zero-order chi connectivity index (χ0) is 19.7. The smallest absolute Gasteiger partial charge is 0.330 e. The fourth-order valence-electron chi connectivity index (χ4n) is 2.60. The molecule has 8 nitrogen and oxygen atoms in total. The summed E-state index contributed by atoms with van der Waals surface area (Å²) in [6.45, 7) is 12.4. The average molecular weight is 402 g/mol. The average Bonchev–Trinajstić information content (AvgIpc) is 2.89. The maximum atomic E-state index is 12.2. The van der Waals surface area contributed by atoms with Gasteiger partial charge in [0.05, 0.1) is 12.7 Å². The second kappa shape index (κ2) is 7.86. The van der Waals surface area contributed by atoms with Crippen LogP contribution >= 0.6 is 8.69 Å². The number of nitrogens with one attached hydrogen (secondary N) is 1. The Labute approximate surface area is 155 Å². The maximum Gasteiger partial charge on any atom is 0.330 e. The van der Waals surface area contributed by atoms with Crippen LogP contribution in [-0.4, -0.2) is 36.7 Å². The molecule has 1 saturated heterocycles. The van der Waals surface area contributed by atoms with Crippen LogP contribution < -0.4 is 11.2 Å². The number of rotatable bonds is 6. The summed E-state index contributed by atoms with van der Waals surface area (Å²) in [5.74, 6) is 0. The Morgan fingerprint density at radius 3 is 2.62 bits per heavy atom. The summed E-state index contributed by atoms with van der Waals surface area (Å²) in [5.41, 5.74) is -0.517. The van der Waals surface area contributed by atoms with Crippen molar-refractivity contribution in [3.05, 3.63) is 32.6 Å². The van der Waals surface area contributed by atoms with Gasteiger partial charge in [-0.15, -0.1) is 0 Å². The van der Waals surface area contributed by atoms with Crippen molar-refractivity contribution < 1.29 is 18.3 Å². The Bertz CT molecular complexity index is 769. The van der Waals surface area contributed by atoms with Gasteiger partial charge in [0.2, 0.25) is 0 Å². The number of hydrogen-bond acceptors (Lipinski definition) is 6. The number of aromatic amines is 1. The van der Waals surface area contributed by atoms with Crippen LogP contribution in [-0.2, 0) is 18.3 Å². The van der Waals surface area contributed by atoms with E-state index in [2.05, 4.69) is 38.8 Å². The van der Waals surface area contributed by atoms with Crippen LogP contribution in [0.3, 0.4) is 0 Å². The molecular weight excluding hydrogens is 375 g/mol. The van der Waals surface area contributed by atoms with E-state index in [1.807, 2.05) is 0 Å². The molecule has 0 spiro atoms. The van der Waals surface area contributed by atoms with Crippen LogP contribution in [0.5, 0.6) is 0 Å². The van der Waals surface area contributed by atoms with Crippen LogP contribution in [0.25, 0.3) is 0 Å². The van der Waals surface area contributed by atoms with Gasteiger partial charge in [0.15, 0.2) is 8.32 Å². The lowest BCUT2D eigenvalue weighted by atomic mass is 10.2. The van der Waals surface area contributed by atoms with E-state index in [9.17, 15) is 14.2 Å². The predicted molar refractivity (Wildman–Crippen MR) is 100 cm³/mol. The summed E-state index contributed by atoms with van der Waals surface area (Å²) in [5, 5.41) is 0.0126. The summed E-state index contributed by atoms with van der Waals surface area (Å²) in [6.07, 6.45) is 0.618. The SMILES string of the molecule is Cc1cn([C@H]2CC(O[Si](C)(C)C(C)(C)C)[C@@H](COP=O)O2)c(=O)[nH]c1=O. The third kappa shape index (κ3) is 4.58. The van der Waals surface area contributed by atoms with Gasteiger partial charge in [0, 0.05) is 18.2 Å². The number of H-pyrrole nitrogens is 1. The molecule has 1 aromatic heterocycles. The molecule has 2 rings (SSSR count). The van der Waals surface area contributed by atoms with Gasteiger partial charge in [-0.2, -0.15) is 0 Å². The van der Waals surface area contributed by atoms with Gasteiger partial charge < -0.3 is 9.16 Å². The number of hydrogen-bond donors (Lipinski definition) is 1. The van der Waals surface area contributed by atoms with E-state index in [1.165, 1.54) is 10.8 Å². The van der Waals surface area contributed by atoms with Crippen molar-refractivity contribution in [1.82, 2.24) is 9.55 Å². The molecule has 1 aromatic rings. The second-order valence-corrected chi connectivity index (χ2v) is 13.3. The van der Waals surface area contributed by atoms with Gasteiger partial charge in [0.1, 0.15) is 12.3 Å². The largest absolute Gasteiger partial charge is 0.411 e. The lowest BCUT2D eigenvalue weighted by Gasteiger charge is -2.39. The standard InChI is InChI=1S/C16H27N2O6PSi/c1-10-8-18(15(20)17-14(10)19)13-7-11(12(23-13)9-22-25-21)24-26(5,6)16(2,3)4/h8,11-13H,7,9H2,1-6H3,(H,17,19,20)/t11?,12-,13-/m1/s1. The van der Waals surface area contributed by atoms with Crippen molar-refractivity contribution in [3.8, 4) is 0 Å². The van der Waals surface area contributed by atoms with Gasteiger partial charge >= 0.3 is 14.4 Å². The van der Waals surface area contributed by atoms with E-state index < -0.39 is 40.6 Å². The minimum absolute atomic E-state index is 0.0126. The second-order valence-electron chi connectivity index (χ2n) is 8.13. The summed E-state index contributed by atoms with van der Waals surface area (Å²) in [6, 6.07) is 0. The molecule has 0 aromatic carbocycles. The molecule has 3 atom stereocenters. The first-order valence-electron chi connectivity index (χ1n) is 8.56. The van der Waals surface area contributed by atoms with Crippen LogP contribution in [0.2, 0.25) is 18.1 Å². The highest BCUT2D eigenvalue weighted by atomic mass is 31.1. The van der Waals surface area contributed by atoms with Gasteiger partial charge in [-0.05, 0) is 25.1 Å². The first-order chi connectivity index (χ1) is 12.0. The van der Waals surface area contributed by atoms with E-state index in [-0.39, 0.29) is 17.7 Å². The van der Waals surface area contributed by atoms with E-state index >= 15 is 0 Å². The Kier molecular flexibility index (Phi) is 6.40. The molecular formula is C16H27N2O6PSi. The Balaban J connectivity index is 2.28. The van der Waals surface area contributed by atoms with Crippen molar-refractivity contribution in [1.29, 1.82) is 0 Å². The zero-order valence-corrected chi connectivity index (χ0v) is 18.0. The summed E-state index contributed by atoms with van der Waals surface area (Å²) >= 11 is 0. The van der Waals surface area contributed by atoms with Crippen LogP contribution in [0.1, 0.15) is 39.0 Å². The van der Waals surface area contributed by atoms with Crippen molar-refractivity contribution in [2.75, 3.05) is 6.61 Å². The lowest BCUT2D eigenvalue weighted by molar-refractivity contribution is -0.0371. The third-order valence-electron chi connectivity index (χ3n) is 5.18. The molecule has 1 N–H and O–H groups in total. The van der Waals surface area contributed by atoms with Crippen molar-refractivity contribution >= 4 is 17.0 Å². The molecule has 0 bridgehead atoms. The van der Waals surface area contributed by atoms with Crippen molar-refractivity contribution in [2.45, 2.75) is 70.7 Å². The molecule has 0 radical (unpaired) electrons. The lowest BCUT2D eigenvalue weighted by Crippen LogP contribution is -2.46. The number of aryl methyl sites for hydroxylation is 1. The molecule has 0 aliphatic carbocycles. The minimum Gasteiger partial charge on any atom is -0.411 e. The molecule has 0 amide bonds. The van der Waals surface area contributed by atoms with Crippen molar-refractivity contribution in [2.24, 2.45) is 0 Å². The highest BCUT2D eigenvalue weighted by molar-refractivity contribution is 7.17. The molecule has 10 heteroatoms. The molecule has 0 saturated carbocycles. The summed E-state index contributed by atoms with van der Waals surface area (Å²) in [7, 11) is -2.51. The van der Waals surface area contributed by atoms with Gasteiger partial charge in [-0.3, -0.25) is 18.9 Å². The molecule has 146 valence electrons. The molecule has 1 aliphatic heterocycles. The number of nitrogens with zero attached hydrogens (tertiary/aromatic N) is 1. The molecule has 1 unspecified atom stereocenters. The highest BCUT2D eigenvalue weighted by Gasteiger charge is 2.45. The Morgan fingerprint density at radius 1 is 1.38 bits per heavy atom. The molecule has 26 heavy (non-hydrogen) atoms. The fraction of sp³-hybridized carbons (Fsp3) is 0.750. The van der Waals surface area contributed by atoms with E-state index in [0.29, 0.717) is 12.0 Å². The normalized spacial score (nSPS) is 24.3. The molecule has 1 aliphatic rings. The maximum absolute atomic E-state index is 12.2. The molecule has 2 heterocycles. The number of aromatic nitrogens is 2. The summed E-state index contributed by atoms with van der Waals surface area (Å²) in [4.78, 5) is 26.0. The zero-order valence-electron chi connectivity index (χ0n) is 16.1. The third-order valence-corrected chi connectivity index (χ3v) is 9.94. The highest BCUT2D eigenvalue weighted by Crippen LogP contribution is 2.41. The Hall–Kier alpha value is -1.12. The van der Waals surface area contributed by atoms with Crippen molar-refractivity contribution in [3.63, 3.8) is 0 Å². The molecule has 1 fully saturated rings. The number of ether oxygens (including phenoxy) is 1. The van der Waals surface area contributed by atoms with Crippen LogP contribution in [0, 0.1) is 6.92 Å². The van der Waals surface area contributed by atoms with E-state index in [4.69, 9.17) is 13.7 Å². The van der Waals surface area contributed by atoms with Gasteiger partial charge in [-0.1, -0.05) is 20.8 Å². The fourth-order valence-corrected chi connectivity index (χ4v) is 4.17. The predicted octanol–water partition coefficient (Wildman–Crippen LogP) is 2.75. The topological polar surface area (TPSA) is 99.6 Å². The first kappa shape index (κ1) is 21.2. The minimum atomic E-state index is -2.08. The van der Waals surface area contributed by atoms with Gasteiger partial charge in [-0.25, -0.2) is 9.36 Å². The van der Waals surface area contributed by atoms with E-state index in [1.54, 1.807) is 6.92 Å².